The molecular weight excluding hydrogens is 260 g/mol. The van der Waals surface area contributed by atoms with Crippen LogP contribution in [0.5, 0.6) is 0 Å². The second-order valence-electron chi connectivity index (χ2n) is 6.36. The van der Waals surface area contributed by atoms with Crippen LogP contribution in [0.2, 0.25) is 0 Å². The molecule has 2 aliphatic rings. The highest BCUT2D eigenvalue weighted by Crippen LogP contribution is 2.21. The molecule has 1 aromatic carbocycles. The predicted molar refractivity (Wildman–Crippen MR) is 83.6 cm³/mol. The Labute approximate surface area is 127 Å². The third-order valence-electron chi connectivity index (χ3n) is 4.80. The smallest absolute Gasteiger partial charge is 0.0991 e. The molecular formula is C17H24N4. The SMILES string of the molecule is N#Cc1cccc(CN2CCC(N3CCC(N)CC3)C2)c1. The van der Waals surface area contributed by atoms with Crippen LogP contribution in [0.25, 0.3) is 0 Å². The van der Waals surface area contributed by atoms with Crippen LogP contribution in [0.15, 0.2) is 24.3 Å². The maximum atomic E-state index is 8.98. The topological polar surface area (TPSA) is 56.3 Å². The van der Waals surface area contributed by atoms with Gasteiger partial charge in [0.2, 0.25) is 0 Å². The van der Waals surface area contributed by atoms with E-state index < -0.39 is 0 Å². The summed E-state index contributed by atoms with van der Waals surface area (Å²) in [4.78, 5) is 5.13. The predicted octanol–water partition coefficient (Wildman–Crippen LogP) is 1.56. The molecule has 0 spiro atoms. The minimum Gasteiger partial charge on any atom is -0.328 e. The molecule has 0 amide bonds. The zero-order valence-corrected chi connectivity index (χ0v) is 12.5. The van der Waals surface area contributed by atoms with Crippen molar-refractivity contribution in [2.24, 2.45) is 5.73 Å². The lowest BCUT2D eigenvalue weighted by molar-refractivity contribution is 0.151. The Hall–Kier alpha value is -1.41. The van der Waals surface area contributed by atoms with Crippen LogP contribution >= 0.6 is 0 Å². The van der Waals surface area contributed by atoms with Gasteiger partial charge in [-0.05, 0) is 50.0 Å². The number of rotatable bonds is 3. The number of nitrogens with zero attached hydrogens (tertiary/aromatic N) is 3. The van der Waals surface area contributed by atoms with Crippen molar-refractivity contribution in [3.63, 3.8) is 0 Å². The van der Waals surface area contributed by atoms with E-state index in [1.165, 1.54) is 12.0 Å². The maximum Gasteiger partial charge on any atom is 0.0991 e. The van der Waals surface area contributed by atoms with E-state index in [1.807, 2.05) is 18.2 Å². The fourth-order valence-electron chi connectivity index (χ4n) is 3.54. The molecule has 1 aromatic rings. The van der Waals surface area contributed by atoms with Gasteiger partial charge in [-0.15, -0.1) is 0 Å². The summed E-state index contributed by atoms with van der Waals surface area (Å²) in [7, 11) is 0. The van der Waals surface area contributed by atoms with E-state index in [2.05, 4.69) is 21.9 Å². The van der Waals surface area contributed by atoms with Gasteiger partial charge in [0.15, 0.2) is 0 Å². The van der Waals surface area contributed by atoms with Crippen molar-refractivity contribution in [2.75, 3.05) is 26.2 Å². The molecule has 0 saturated carbocycles. The summed E-state index contributed by atoms with van der Waals surface area (Å²) < 4.78 is 0. The molecule has 2 aliphatic heterocycles. The second-order valence-corrected chi connectivity index (χ2v) is 6.36. The Balaban J connectivity index is 1.53. The summed E-state index contributed by atoms with van der Waals surface area (Å²) in [6.07, 6.45) is 3.54. The monoisotopic (exact) mass is 284 g/mol. The number of hydrogen-bond donors (Lipinski definition) is 1. The highest BCUT2D eigenvalue weighted by atomic mass is 15.3. The second kappa shape index (κ2) is 6.57. The fraction of sp³-hybridized carbons (Fsp3) is 0.588. The highest BCUT2D eigenvalue weighted by Gasteiger charge is 2.29. The average Bonchev–Trinajstić information content (AvgIpc) is 2.96. The van der Waals surface area contributed by atoms with Gasteiger partial charge < -0.3 is 5.73 Å². The Morgan fingerprint density at radius 2 is 2.00 bits per heavy atom. The van der Waals surface area contributed by atoms with Crippen LogP contribution in [0.1, 0.15) is 30.4 Å². The van der Waals surface area contributed by atoms with Crippen LogP contribution in [-0.4, -0.2) is 48.1 Å². The lowest BCUT2D eigenvalue weighted by Crippen LogP contribution is -2.46. The van der Waals surface area contributed by atoms with Crippen LogP contribution in [0, 0.1) is 11.3 Å². The van der Waals surface area contributed by atoms with E-state index in [0.717, 1.165) is 51.1 Å². The average molecular weight is 284 g/mol. The van der Waals surface area contributed by atoms with E-state index in [-0.39, 0.29) is 0 Å². The first-order valence-corrected chi connectivity index (χ1v) is 7.95. The van der Waals surface area contributed by atoms with Crippen molar-refractivity contribution in [3.8, 4) is 6.07 Å². The first kappa shape index (κ1) is 14.5. The van der Waals surface area contributed by atoms with Crippen molar-refractivity contribution >= 4 is 0 Å². The van der Waals surface area contributed by atoms with Gasteiger partial charge in [-0.25, -0.2) is 0 Å². The van der Waals surface area contributed by atoms with Gasteiger partial charge in [-0.2, -0.15) is 5.26 Å². The fourth-order valence-corrected chi connectivity index (χ4v) is 3.54. The first-order valence-electron chi connectivity index (χ1n) is 7.95. The van der Waals surface area contributed by atoms with Gasteiger partial charge in [-0.1, -0.05) is 12.1 Å². The first-order chi connectivity index (χ1) is 10.2. The van der Waals surface area contributed by atoms with Crippen molar-refractivity contribution < 1.29 is 0 Å². The minimum atomic E-state index is 0.410. The Morgan fingerprint density at radius 1 is 1.19 bits per heavy atom. The molecule has 2 fully saturated rings. The molecule has 0 aromatic heterocycles. The number of hydrogen-bond acceptors (Lipinski definition) is 4. The van der Waals surface area contributed by atoms with E-state index >= 15 is 0 Å². The Kier molecular flexibility index (Phi) is 4.54. The standard InChI is InChI=1S/C17H24N4/c18-11-14-2-1-3-15(10-14)12-20-7-6-17(13-20)21-8-4-16(19)5-9-21/h1-3,10,16-17H,4-9,12-13,19H2. The van der Waals surface area contributed by atoms with Crippen LogP contribution < -0.4 is 5.73 Å². The summed E-state index contributed by atoms with van der Waals surface area (Å²) in [5.41, 5.74) is 7.99. The minimum absolute atomic E-state index is 0.410. The van der Waals surface area contributed by atoms with Crippen molar-refractivity contribution in [1.29, 1.82) is 5.26 Å². The molecule has 3 rings (SSSR count). The van der Waals surface area contributed by atoms with E-state index in [0.29, 0.717) is 12.1 Å². The van der Waals surface area contributed by atoms with E-state index in [4.69, 9.17) is 11.0 Å². The number of nitriles is 1. The Bertz CT molecular complexity index is 514. The van der Waals surface area contributed by atoms with Gasteiger partial charge in [0.1, 0.15) is 0 Å². The van der Waals surface area contributed by atoms with Crippen LogP contribution in [0.3, 0.4) is 0 Å². The maximum absolute atomic E-state index is 8.98. The number of benzene rings is 1. The molecule has 0 aliphatic carbocycles. The van der Waals surface area contributed by atoms with Gasteiger partial charge >= 0.3 is 0 Å². The summed E-state index contributed by atoms with van der Waals surface area (Å²) in [6.45, 7) is 5.57. The lowest BCUT2D eigenvalue weighted by atomic mass is 10.0. The molecule has 0 radical (unpaired) electrons. The molecule has 21 heavy (non-hydrogen) atoms. The molecule has 2 N–H and O–H groups in total. The zero-order chi connectivity index (χ0) is 14.7. The molecule has 1 unspecified atom stereocenters. The van der Waals surface area contributed by atoms with Crippen LogP contribution in [-0.2, 0) is 6.54 Å². The van der Waals surface area contributed by atoms with Crippen molar-refractivity contribution in [1.82, 2.24) is 9.80 Å². The molecule has 112 valence electrons. The van der Waals surface area contributed by atoms with Crippen molar-refractivity contribution in [3.05, 3.63) is 35.4 Å². The molecule has 4 heteroatoms. The number of likely N-dealkylation sites (tertiary alicyclic amines) is 2. The van der Waals surface area contributed by atoms with Gasteiger partial charge in [0.05, 0.1) is 11.6 Å². The third kappa shape index (κ3) is 3.62. The Morgan fingerprint density at radius 3 is 2.76 bits per heavy atom. The highest BCUT2D eigenvalue weighted by molar-refractivity contribution is 5.32. The zero-order valence-electron chi connectivity index (χ0n) is 12.5. The summed E-state index contributed by atoms with van der Waals surface area (Å²) >= 11 is 0. The normalized spacial score (nSPS) is 25.0. The van der Waals surface area contributed by atoms with Gasteiger partial charge in [0.25, 0.3) is 0 Å². The van der Waals surface area contributed by atoms with Crippen LogP contribution in [0.4, 0.5) is 0 Å². The number of piperidine rings is 1. The summed E-state index contributed by atoms with van der Waals surface area (Å²) in [5, 5.41) is 8.98. The number of nitrogens with two attached hydrogens (primary N) is 1. The molecule has 2 saturated heterocycles. The summed E-state index contributed by atoms with van der Waals surface area (Å²) in [5.74, 6) is 0. The largest absolute Gasteiger partial charge is 0.328 e. The molecule has 2 heterocycles. The van der Waals surface area contributed by atoms with Gasteiger partial charge in [0, 0.05) is 31.7 Å². The van der Waals surface area contributed by atoms with E-state index in [1.54, 1.807) is 0 Å². The summed E-state index contributed by atoms with van der Waals surface area (Å²) in [6, 6.07) is 11.3. The molecule has 1 atom stereocenters. The van der Waals surface area contributed by atoms with Gasteiger partial charge in [-0.3, -0.25) is 9.80 Å². The lowest BCUT2D eigenvalue weighted by Gasteiger charge is -2.34. The molecule has 0 bridgehead atoms. The third-order valence-corrected chi connectivity index (χ3v) is 4.80. The van der Waals surface area contributed by atoms with Crippen molar-refractivity contribution in [2.45, 2.75) is 37.9 Å². The quantitative estimate of drug-likeness (QED) is 0.915. The molecule has 4 nitrogen and oxygen atoms in total. The van der Waals surface area contributed by atoms with E-state index in [9.17, 15) is 0 Å².